The predicted octanol–water partition coefficient (Wildman–Crippen LogP) is 9.64. The zero-order valence-electron chi connectivity index (χ0n) is 23.9. The number of rotatable bonds is 15. The molecule has 4 rings (SSSR count). The number of carbonyl (C=O) groups excluding carboxylic acids is 1. The summed E-state index contributed by atoms with van der Waals surface area (Å²) in [5.41, 5.74) is 2.96. The Labute approximate surface area is 227 Å². The lowest BCUT2D eigenvalue weighted by molar-refractivity contribution is -0.157. The van der Waals surface area contributed by atoms with Crippen molar-refractivity contribution in [3.8, 4) is 5.75 Å². The van der Waals surface area contributed by atoms with Crippen LogP contribution in [0, 0.1) is 17.3 Å². The van der Waals surface area contributed by atoms with Crippen LogP contribution in [0.25, 0.3) is 0 Å². The number of hydrogen-bond acceptors (Lipinski definition) is 3. The predicted molar refractivity (Wildman–Crippen MR) is 153 cm³/mol. The largest absolute Gasteiger partial charge is 0.508 e. The molecule has 0 aliphatic heterocycles. The first-order valence-corrected chi connectivity index (χ1v) is 16.0. The Kier molecular flexibility index (Phi) is 10.8. The SMILES string of the molecule is CCCCCCCCCCCCCCCC(=O)O[C@H]1CC[C@H]2[C@H]3CCc4cc(O)ccc4[C@@H]3CC[C@]12C. The molecule has 5 atom stereocenters. The molecule has 2 fully saturated rings. The van der Waals surface area contributed by atoms with Crippen molar-refractivity contribution in [1.29, 1.82) is 0 Å². The summed E-state index contributed by atoms with van der Waals surface area (Å²) in [5.74, 6) is 2.40. The summed E-state index contributed by atoms with van der Waals surface area (Å²) in [6, 6.07) is 6.02. The van der Waals surface area contributed by atoms with Gasteiger partial charge in [0.05, 0.1) is 0 Å². The highest BCUT2D eigenvalue weighted by Gasteiger charge is 2.56. The summed E-state index contributed by atoms with van der Waals surface area (Å²) in [5, 5.41) is 9.92. The van der Waals surface area contributed by atoms with Gasteiger partial charge in [0.15, 0.2) is 0 Å². The van der Waals surface area contributed by atoms with Crippen molar-refractivity contribution < 1.29 is 14.6 Å². The van der Waals surface area contributed by atoms with Crippen LogP contribution in [0.5, 0.6) is 5.75 Å². The monoisotopic (exact) mass is 510 g/mol. The molecule has 1 aromatic rings. The molecule has 0 amide bonds. The van der Waals surface area contributed by atoms with Gasteiger partial charge in [-0.1, -0.05) is 97.0 Å². The molecule has 3 aliphatic rings. The van der Waals surface area contributed by atoms with Crippen LogP contribution in [-0.4, -0.2) is 17.2 Å². The second kappa shape index (κ2) is 14.0. The second-order valence-electron chi connectivity index (χ2n) is 12.9. The number of ether oxygens (including phenoxy) is 1. The van der Waals surface area contributed by atoms with Crippen LogP contribution >= 0.6 is 0 Å². The van der Waals surface area contributed by atoms with Gasteiger partial charge < -0.3 is 9.84 Å². The fourth-order valence-electron chi connectivity index (χ4n) is 8.22. The van der Waals surface area contributed by atoms with Crippen molar-refractivity contribution >= 4 is 5.97 Å². The van der Waals surface area contributed by atoms with E-state index in [0.717, 1.165) is 32.1 Å². The molecule has 1 aromatic carbocycles. The molecular weight excluding hydrogens is 456 g/mol. The van der Waals surface area contributed by atoms with E-state index in [1.54, 1.807) is 0 Å². The number of esters is 1. The molecule has 0 aromatic heterocycles. The van der Waals surface area contributed by atoms with E-state index < -0.39 is 0 Å². The van der Waals surface area contributed by atoms with Crippen molar-refractivity contribution in [3.05, 3.63) is 29.3 Å². The molecule has 2 saturated carbocycles. The summed E-state index contributed by atoms with van der Waals surface area (Å²) >= 11 is 0. The Balaban J connectivity index is 1.10. The highest BCUT2D eigenvalue weighted by Crippen LogP contribution is 2.61. The topological polar surface area (TPSA) is 46.5 Å². The normalized spacial score (nSPS) is 28.4. The summed E-state index contributed by atoms with van der Waals surface area (Å²) < 4.78 is 6.18. The highest BCUT2D eigenvalue weighted by atomic mass is 16.5. The number of fused-ring (bicyclic) bond motifs is 5. The molecule has 0 saturated heterocycles. The van der Waals surface area contributed by atoms with E-state index in [2.05, 4.69) is 19.9 Å². The van der Waals surface area contributed by atoms with E-state index >= 15 is 0 Å². The van der Waals surface area contributed by atoms with Gasteiger partial charge in [-0.05, 0) is 86.0 Å². The van der Waals surface area contributed by atoms with Gasteiger partial charge in [-0.25, -0.2) is 0 Å². The summed E-state index contributed by atoms with van der Waals surface area (Å²) in [7, 11) is 0. The zero-order chi connectivity index (χ0) is 26.1. The van der Waals surface area contributed by atoms with Gasteiger partial charge in [0.2, 0.25) is 0 Å². The molecule has 0 spiro atoms. The molecule has 1 N–H and O–H groups in total. The number of aromatic hydroxyl groups is 1. The Morgan fingerprint density at radius 1 is 0.892 bits per heavy atom. The number of hydrogen-bond donors (Lipinski definition) is 1. The van der Waals surface area contributed by atoms with E-state index in [0.29, 0.717) is 29.9 Å². The molecule has 0 heterocycles. The first kappa shape index (κ1) is 28.5. The minimum Gasteiger partial charge on any atom is -0.508 e. The number of unbranched alkanes of at least 4 members (excludes halogenated alkanes) is 12. The summed E-state index contributed by atoms with van der Waals surface area (Å²) in [6.07, 6.45) is 24.8. The first-order chi connectivity index (χ1) is 18.0. The van der Waals surface area contributed by atoms with Gasteiger partial charge >= 0.3 is 5.97 Å². The quantitative estimate of drug-likeness (QED) is 0.189. The standard InChI is InChI=1S/C34H54O3/c1-3-4-5-6-7-8-9-10-11-12-13-14-15-16-33(36)37-32-22-21-31-30-19-17-26-25-27(35)18-20-28(26)29(30)23-24-34(31,32)2/h18,20,25,29-32,35H,3-17,19,21-24H2,1-2H3/t29-,30-,31-,32-,34-/m0/s1. The summed E-state index contributed by atoms with van der Waals surface area (Å²) in [4.78, 5) is 12.7. The molecule has 0 unspecified atom stereocenters. The van der Waals surface area contributed by atoms with E-state index in [4.69, 9.17) is 4.74 Å². The number of benzene rings is 1. The van der Waals surface area contributed by atoms with Crippen molar-refractivity contribution in [2.24, 2.45) is 17.3 Å². The van der Waals surface area contributed by atoms with E-state index in [1.165, 1.54) is 101 Å². The fourth-order valence-corrected chi connectivity index (χ4v) is 8.22. The smallest absolute Gasteiger partial charge is 0.306 e. The number of aryl methyl sites for hydroxylation is 1. The molecule has 3 heteroatoms. The van der Waals surface area contributed by atoms with Crippen LogP contribution < -0.4 is 0 Å². The van der Waals surface area contributed by atoms with Gasteiger partial charge in [0.1, 0.15) is 11.9 Å². The third-order valence-electron chi connectivity index (χ3n) is 10.4. The van der Waals surface area contributed by atoms with Crippen LogP contribution in [0.1, 0.15) is 153 Å². The zero-order valence-corrected chi connectivity index (χ0v) is 23.9. The average Bonchev–Trinajstić information content (AvgIpc) is 3.22. The molecule has 0 radical (unpaired) electrons. The molecule has 37 heavy (non-hydrogen) atoms. The van der Waals surface area contributed by atoms with Gasteiger partial charge in [-0.15, -0.1) is 0 Å². The minimum atomic E-state index is 0.0431. The van der Waals surface area contributed by atoms with E-state index in [-0.39, 0.29) is 17.5 Å². The maximum Gasteiger partial charge on any atom is 0.306 e. The summed E-state index contributed by atoms with van der Waals surface area (Å²) in [6.45, 7) is 4.69. The van der Waals surface area contributed by atoms with Gasteiger partial charge in [-0.2, -0.15) is 0 Å². The Bertz CT molecular complexity index is 847. The Morgan fingerprint density at radius 2 is 1.54 bits per heavy atom. The molecule has 3 aliphatic carbocycles. The van der Waals surface area contributed by atoms with Crippen LogP contribution in [0.2, 0.25) is 0 Å². The molecule has 3 nitrogen and oxygen atoms in total. The minimum absolute atomic E-state index is 0.0431. The van der Waals surface area contributed by atoms with Crippen LogP contribution in [0.3, 0.4) is 0 Å². The Morgan fingerprint density at radius 3 is 2.22 bits per heavy atom. The van der Waals surface area contributed by atoms with Gasteiger partial charge in [-0.3, -0.25) is 4.79 Å². The van der Waals surface area contributed by atoms with Crippen molar-refractivity contribution in [3.63, 3.8) is 0 Å². The van der Waals surface area contributed by atoms with E-state index in [1.807, 2.05) is 12.1 Å². The van der Waals surface area contributed by atoms with Crippen LogP contribution in [0.15, 0.2) is 18.2 Å². The number of phenols is 1. The number of carbonyl (C=O) groups is 1. The fraction of sp³-hybridized carbons (Fsp3) is 0.794. The third kappa shape index (κ3) is 7.33. The van der Waals surface area contributed by atoms with Crippen molar-refractivity contribution in [1.82, 2.24) is 0 Å². The van der Waals surface area contributed by atoms with Gasteiger partial charge in [0, 0.05) is 11.8 Å². The lowest BCUT2D eigenvalue weighted by Crippen LogP contribution is -2.45. The second-order valence-corrected chi connectivity index (χ2v) is 12.9. The van der Waals surface area contributed by atoms with Crippen molar-refractivity contribution in [2.75, 3.05) is 0 Å². The highest BCUT2D eigenvalue weighted by molar-refractivity contribution is 5.69. The lowest BCUT2D eigenvalue weighted by atomic mass is 9.55. The van der Waals surface area contributed by atoms with Crippen LogP contribution in [-0.2, 0) is 16.0 Å². The molecular formula is C34H54O3. The number of phenolic OH excluding ortho intramolecular Hbond substituents is 1. The van der Waals surface area contributed by atoms with Crippen molar-refractivity contribution in [2.45, 2.75) is 154 Å². The first-order valence-electron chi connectivity index (χ1n) is 16.0. The van der Waals surface area contributed by atoms with Gasteiger partial charge in [0.25, 0.3) is 0 Å². The lowest BCUT2D eigenvalue weighted by Gasteiger charge is -2.50. The molecule has 208 valence electrons. The maximum absolute atomic E-state index is 12.7. The average molecular weight is 511 g/mol. The van der Waals surface area contributed by atoms with E-state index in [9.17, 15) is 9.90 Å². The third-order valence-corrected chi connectivity index (χ3v) is 10.4. The molecule has 0 bridgehead atoms. The Hall–Kier alpha value is -1.51. The maximum atomic E-state index is 12.7. The van der Waals surface area contributed by atoms with Crippen LogP contribution in [0.4, 0.5) is 0 Å².